The summed E-state index contributed by atoms with van der Waals surface area (Å²) in [5.41, 5.74) is 5.75. The van der Waals surface area contributed by atoms with Crippen molar-refractivity contribution in [3.8, 4) is 0 Å². The third kappa shape index (κ3) is 6.83. The van der Waals surface area contributed by atoms with Gasteiger partial charge in [-0.3, -0.25) is 0 Å². The van der Waals surface area contributed by atoms with E-state index in [0.717, 1.165) is 0 Å². The minimum atomic E-state index is -4.14. The Morgan fingerprint density at radius 2 is 2.05 bits per heavy atom. The van der Waals surface area contributed by atoms with Crippen LogP contribution in [-0.4, -0.2) is 77.1 Å². The van der Waals surface area contributed by atoms with Crippen molar-refractivity contribution in [3.63, 3.8) is 0 Å². The standard InChI is InChI=1S/C25H35N6O6P/c1-4-20(24(33)36-16(2)3)30-38(34,37-19-9-7-5-6-8-10-19)35-14-17-11-12-18(13-17)31-15-27-21-22(31)28-25(26)29-23(21)32/h4-12,15-22,30,34,38H,1,13-14H2,2-3H3,(H3,26,28,29,32)/t17?,18?,20-,21?,22?/m0/s1. The van der Waals surface area contributed by atoms with E-state index >= 15 is 0 Å². The maximum atomic E-state index is 12.6. The van der Waals surface area contributed by atoms with Gasteiger partial charge in [0.05, 0.1) is 0 Å². The molecule has 38 heavy (non-hydrogen) atoms. The number of rotatable bonds is 11. The average Bonchev–Trinajstić information content (AvgIpc) is 3.42. The summed E-state index contributed by atoms with van der Waals surface area (Å²) in [5.74, 6) is -0.895. The summed E-state index contributed by atoms with van der Waals surface area (Å²) in [6.07, 6.45) is 16.9. The molecule has 206 valence electrons. The molecule has 0 aromatic heterocycles. The van der Waals surface area contributed by atoms with Crippen molar-refractivity contribution in [2.75, 3.05) is 6.61 Å². The number of nitrogens with two attached hydrogens (primary N) is 1. The molecule has 4 rings (SSSR count). The Hall–Kier alpha value is -3.15. The molecular weight excluding hydrogens is 511 g/mol. The summed E-state index contributed by atoms with van der Waals surface area (Å²) in [5, 5.41) is 5.32. The van der Waals surface area contributed by atoms with E-state index in [-0.39, 0.29) is 36.5 Å². The van der Waals surface area contributed by atoms with Gasteiger partial charge in [0.2, 0.25) is 0 Å². The van der Waals surface area contributed by atoms with E-state index in [1.165, 1.54) is 6.08 Å². The van der Waals surface area contributed by atoms with Crippen molar-refractivity contribution in [1.82, 2.24) is 15.3 Å². The molecule has 12 nitrogen and oxygen atoms in total. The number of amides is 1. The van der Waals surface area contributed by atoms with Gasteiger partial charge in [0.25, 0.3) is 0 Å². The molecule has 0 aromatic carbocycles. The third-order valence-electron chi connectivity index (χ3n) is 6.18. The van der Waals surface area contributed by atoms with Gasteiger partial charge in [-0.25, -0.2) is 0 Å². The Morgan fingerprint density at radius 1 is 1.32 bits per heavy atom. The van der Waals surface area contributed by atoms with E-state index in [2.05, 4.69) is 27.0 Å². The molecule has 0 spiro atoms. The summed E-state index contributed by atoms with van der Waals surface area (Å²) in [6, 6.07) is -1.76. The van der Waals surface area contributed by atoms with E-state index in [9.17, 15) is 14.5 Å². The molecule has 2 aliphatic carbocycles. The van der Waals surface area contributed by atoms with Crippen LogP contribution in [0, 0.1) is 5.92 Å². The molecule has 0 bridgehead atoms. The first-order valence-electron chi connectivity index (χ1n) is 12.5. The number of esters is 1. The first-order valence-corrected chi connectivity index (χ1v) is 14.2. The van der Waals surface area contributed by atoms with Gasteiger partial charge in [-0.1, -0.05) is 0 Å². The van der Waals surface area contributed by atoms with Crippen LogP contribution >= 0.6 is 8.09 Å². The fraction of sp³-hybridized carbons (Fsp3) is 0.440. The summed E-state index contributed by atoms with van der Waals surface area (Å²) in [4.78, 5) is 46.8. The second-order valence-electron chi connectivity index (χ2n) is 9.50. The van der Waals surface area contributed by atoms with Gasteiger partial charge < -0.3 is 0 Å². The predicted octanol–water partition coefficient (Wildman–Crippen LogP) is 0.996. The molecule has 13 heteroatoms. The van der Waals surface area contributed by atoms with Crippen LogP contribution in [0.4, 0.5) is 0 Å². The van der Waals surface area contributed by atoms with Crippen molar-refractivity contribution < 1.29 is 28.3 Å². The van der Waals surface area contributed by atoms with Gasteiger partial charge in [0.1, 0.15) is 0 Å². The molecule has 0 saturated heterocycles. The van der Waals surface area contributed by atoms with E-state index in [0.29, 0.717) is 6.42 Å². The molecular formula is C25H35N6O6P. The van der Waals surface area contributed by atoms with Crippen LogP contribution in [0.1, 0.15) is 20.3 Å². The zero-order valence-electron chi connectivity index (χ0n) is 21.3. The van der Waals surface area contributed by atoms with Crippen LogP contribution in [0.25, 0.3) is 0 Å². The third-order valence-corrected chi connectivity index (χ3v) is 8.00. The number of carbonyl (C=O) groups is 2. The maximum absolute atomic E-state index is 12.6. The van der Waals surface area contributed by atoms with E-state index in [4.69, 9.17) is 19.5 Å². The Bertz CT molecular complexity index is 1090. The van der Waals surface area contributed by atoms with Crippen LogP contribution in [0.15, 0.2) is 71.2 Å². The Kier molecular flexibility index (Phi) is 8.91. The summed E-state index contributed by atoms with van der Waals surface area (Å²) < 4.78 is 17.3. The molecule has 0 aromatic rings. The molecule has 5 atom stereocenters. The number of nitrogens with zero attached hydrogens (tertiary/aromatic N) is 3. The molecule has 2 aliphatic heterocycles. The van der Waals surface area contributed by atoms with E-state index in [1.807, 2.05) is 29.2 Å². The average molecular weight is 547 g/mol. The monoisotopic (exact) mass is 546 g/mol. The summed E-state index contributed by atoms with van der Waals surface area (Å²) >= 11 is 0. The Morgan fingerprint density at radius 3 is 2.74 bits per heavy atom. The molecule has 4 aliphatic rings. The normalized spacial score (nSPS) is 27.7. The van der Waals surface area contributed by atoms with Crippen LogP contribution in [-0.2, 0) is 23.4 Å². The first kappa shape index (κ1) is 27.9. The number of nitrogens with one attached hydrogen (secondary N) is 2. The molecule has 2 heterocycles. The number of ether oxygens (including phenoxy) is 1. The van der Waals surface area contributed by atoms with Crippen LogP contribution < -0.4 is 16.1 Å². The second kappa shape index (κ2) is 12.1. The summed E-state index contributed by atoms with van der Waals surface area (Å²) in [7, 11) is -4.14. The zero-order chi connectivity index (χ0) is 27.3. The van der Waals surface area contributed by atoms with Gasteiger partial charge in [-0.2, -0.15) is 0 Å². The topological polar surface area (TPSA) is 160 Å². The van der Waals surface area contributed by atoms with Gasteiger partial charge in [0, 0.05) is 0 Å². The number of carbonyl (C=O) groups excluding carboxylic acids is 2. The quantitative estimate of drug-likeness (QED) is 0.168. The van der Waals surface area contributed by atoms with Crippen molar-refractivity contribution in [2.24, 2.45) is 21.6 Å². The molecule has 5 N–H and O–H groups in total. The SMILES string of the molecule is C=C[C@H](N[PH](O)(OCC1C=CC(N2C=NC3C(=O)NC(N)=NC32)C1)OC1C=CC=CC=C1)C(=O)OC(C)C. The predicted molar refractivity (Wildman–Crippen MR) is 146 cm³/mol. The summed E-state index contributed by atoms with van der Waals surface area (Å²) in [6.45, 7) is 7.28. The van der Waals surface area contributed by atoms with Crippen molar-refractivity contribution >= 4 is 32.3 Å². The van der Waals surface area contributed by atoms with Gasteiger partial charge in [-0.05, 0) is 0 Å². The van der Waals surface area contributed by atoms with Crippen molar-refractivity contribution in [2.45, 2.75) is 56.8 Å². The van der Waals surface area contributed by atoms with E-state index < -0.39 is 38.4 Å². The molecule has 1 amide bonds. The van der Waals surface area contributed by atoms with Crippen LogP contribution in [0.5, 0.6) is 0 Å². The molecule has 0 fully saturated rings. The Labute approximate surface area is 222 Å². The number of aliphatic imine (C=N–C) groups is 2. The number of guanidine groups is 1. The Balaban J connectivity index is 1.41. The number of hydrogen-bond donors (Lipinski definition) is 4. The fourth-order valence-electron chi connectivity index (χ4n) is 4.40. The van der Waals surface area contributed by atoms with Crippen LogP contribution in [0.3, 0.4) is 0 Å². The fourth-order valence-corrected chi connectivity index (χ4v) is 6.21. The van der Waals surface area contributed by atoms with Gasteiger partial charge in [-0.15, -0.1) is 0 Å². The second-order valence-corrected chi connectivity index (χ2v) is 11.5. The van der Waals surface area contributed by atoms with Gasteiger partial charge >= 0.3 is 222 Å². The molecule has 4 unspecified atom stereocenters. The van der Waals surface area contributed by atoms with Gasteiger partial charge in [0.15, 0.2) is 0 Å². The van der Waals surface area contributed by atoms with E-state index in [1.54, 1.807) is 44.5 Å². The number of fused-ring (bicyclic) bond motifs is 1. The minimum absolute atomic E-state index is 0.0671. The first-order chi connectivity index (χ1) is 18.2. The molecule has 0 radical (unpaired) electrons. The van der Waals surface area contributed by atoms with Crippen LogP contribution in [0.2, 0.25) is 0 Å². The zero-order valence-corrected chi connectivity index (χ0v) is 22.3. The van der Waals surface area contributed by atoms with Crippen molar-refractivity contribution in [1.29, 1.82) is 0 Å². The van der Waals surface area contributed by atoms with Crippen molar-refractivity contribution in [3.05, 3.63) is 61.3 Å². The number of allylic oxidation sites excluding steroid dienone is 4. The molecule has 0 saturated carbocycles. The number of hydrogen-bond acceptors (Lipinski definition) is 11.